The molecule has 0 aromatic carbocycles. The minimum Gasteiger partial charge on any atom is -0.479 e. The maximum atomic E-state index is 5.94. The van der Waals surface area contributed by atoms with Gasteiger partial charge in [0.05, 0.1) is 18.0 Å². The number of nitrogens with two attached hydrogens (primary N) is 1. The number of hydrogen-bond donors (Lipinski definition) is 1. The van der Waals surface area contributed by atoms with Gasteiger partial charge in [0.2, 0.25) is 5.88 Å². The summed E-state index contributed by atoms with van der Waals surface area (Å²) in [6, 6.07) is 3.86. The van der Waals surface area contributed by atoms with E-state index in [1.807, 2.05) is 24.1 Å². The molecule has 2 heterocycles. The predicted molar refractivity (Wildman–Crippen MR) is 74.4 cm³/mol. The third kappa shape index (κ3) is 2.65. The number of nitrogen functional groups attached to an aromatic ring is 1. The fraction of sp³-hybridized carbons (Fsp3) is 0.273. The zero-order valence-corrected chi connectivity index (χ0v) is 11.6. The quantitative estimate of drug-likeness (QED) is 0.934. The van der Waals surface area contributed by atoms with Crippen molar-refractivity contribution in [3.05, 3.63) is 27.7 Å². The van der Waals surface area contributed by atoms with Crippen LogP contribution in [0.15, 0.2) is 18.5 Å². The lowest BCUT2D eigenvalue weighted by Crippen LogP contribution is -2.19. The van der Waals surface area contributed by atoms with Crippen LogP contribution in [0.25, 0.3) is 0 Å². The zero-order valence-electron chi connectivity index (χ0n) is 10.1. The highest BCUT2D eigenvalue weighted by atomic mass is 35.5. The third-order valence-corrected chi connectivity index (χ3v) is 3.62. The average Bonchev–Trinajstić information content (AvgIpc) is 2.75. The molecule has 5 nitrogen and oxygen atoms in total. The van der Waals surface area contributed by atoms with Crippen molar-refractivity contribution in [1.82, 2.24) is 9.97 Å². The fourth-order valence-corrected chi connectivity index (χ4v) is 2.72. The number of nitrogens with zero attached hydrogens (tertiary/aromatic N) is 3. The molecule has 0 fully saturated rings. The normalized spacial score (nSPS) is 10.4. The maximum absolute atomic E-state index is 5.94. The Morgan fingerprint density at radius 1 is 1.44 bits per heavy atom. The molecule has 2 rings (SSSR count). The van der Waals surface area contributed by atoms with Crippen molar-refractivity contribution in [2.75, 3.05) is 24.8 Å². The van der Waals surface area contributed by atoms with Crippen LogP contribution >= 0.6 is 22.9 Å². The molecule has 0 aliphatic heterocycles. The van der Waals surface area contributed by atoms with Crippen molar-refractivity contribution in [3.8, 4) is 5.88 Å². The Morgan fingerprint density at radius 2 is 2.22 bits per heavy atom. The van der Waals surface area contributed by atoms with Gasteiger partial charge in [-0.25, -0.2) is 4.98 Å². The van der Waals surface area contributed by atoms with Crippen LogP contribution in [0.3, 0.4) is 0 Å². The molecular formula is C11H13ClN4OS. The molecule has 0 saturated carbocycles. The van der Waals surface area contributed by atoms with Crippen molar-refractivity contribution < 1.29 is 4.74 Å². The summed E-state index contributed by atoms with van der Waals surface area (Å²) in [7, 11) is 3.44. The Balaban J connectivity index is 2.21. The van der Waals surface area contributed by atoms with Crippen molar-refractivity contribution >= 4 is 34.4 Å². The summed E-state index contributed by atoms with van der Waals surface area (Å²) in [4.78, 5) is 11.2. The Labute approximate surface area is 114 Å². The zero-order chi connectivity index (χ0) is 13.1. The van der Waals surface area contributed by atoms with Crippen LogP contribution < -0.4 is 15.4 Å². The molecule has 2 aromatic rings. The average molecular weight is 285 g/mol. The standard InChI is InChI=1S/C11H13ClN4OS/c1-16(5-7-3-4-8(12)18-7)10-9(13)11(17-2)15-6-14-10/h3-4,6H,5,13H2,1-2H3. The SMILES string of the molecule is COc1ncnc(N(C)Cc2ccc(Cl)s2)c1N. The first-order valence-corrected chi connectivity index (χ1v) is 6.41. The van der Waals surface area contributed by atoms with Gasteiger partial charge in [0.1, 0.15) is 12.0 Å². The Hall–Kier alpha value is -1.53. The maximum Gasteiger partial charge on any atom is 0.242 e. The van der Waals surface area contributed by atoms with Gasteiger partial charge in [0.25, 0.3) is 0 Å². The van der Waals surface area contributed by atoms with E-state index in [4.69, 9.17) is 22.1 Å². The summed E-state index contributed by atoms with van der Waals surface area (Å²) in [5, 5.41) is 0. The largest absolute Gasteiger partial charge is 0.479 e. The molecule has 0 aliphatic rings. The van der Waals surface area contributed by atoms with E-state index in [0.717, 1.165) is 9.21 Å². The van der Waals surface area contributed by atoms with Gasteiger partial charge in [0.15, 0.2) is 5.82 Å². The van der Waals surface area contributed by atoms with Gasteiger partial charge >= 0.3 is 0 Å². The van der Waals surface area contributed by atoms with E-state index < -0.39 is 0 Å². The molecule has 0 aliphatic carbocycles. The molecule has 0 spiro atoms. The highest BCUT2D eigenvalue weighted by Gasteiger charge is 2.13. The van der Waals surface area contributed by atoms with Crippen molar-refractivity contribution in [3.63, 3.8) is 0 Å². The van der Waals surface area contributed by atoms with Gasteiger partial charge in [-0.3, -0.25) is 0 Å². The van der Waals surface area contributed by atoms with Crippen LogP contribution in [0.2, 0.25) is 4.34 Å². The van der Waals surface area contributed by atoms with Gasteiger partial charge in [-0.1, -0.05) is 11.6 Å². The highest BCUT2D eigenvalue weighted by molar-refractivity contribution is 7.16. The van der Waals surface area contributed by atoms with E-state index in [1.54, 1.807) is 0 Å². The Kier molecular flexibility index (Phi) is 3.88. The fourth-order valence-electron chi connectivity index (χ4n) is 1.58. The van der Waals surface area contributed by atoms with Crippen LogP contribution in [0.5, 0.6) is 5.88 Å². The molecule has 0 bridgehead atoms. The van der Waals surface area contributed by atoms with E-state index >= 15 is 0 Å². The molecule has 0 radical (unpaired) electrons. The first-order valence-electron chi connectivity index (χ1n) is 5.21. The molecular weight excluding hydrogens is 272 g/mol. The number of thiophene rings is 1. The molecule has 0 saturated heterocycles. The highest BCUT2D eigenvalue weighted by Crippen LogP contribution is 2.29. The molecule has 96 valence electrons. The Morgan fingerprint density at radius 3 is 2.83 bits per heavy atom. The monoisotopic (exact) mass is 284 g/mol. The number of halogens is 1. The van der Waals surface area contributed by atoms with Gasteiger partial charge in [-0.15, -0.1) is 11.3 Å². The summed E-state index contributed by atoms with van der Waals surface area (Å²) in [5.74, 6) is 1.03. The summed E-state index contributed by atoms with van der Waals surface area (Å²) in [6.45, 7) is 0.682. The molecule has 7 heteroatoms. The smallest absolute Gasteiger partial charge is 0.242 e. The molecule has 0 amide bonds. The number of methoxy groups -OCH3 is 1. The van der Waals surface area contributed by atoms with Gasteiger partial charge in [-0.2, -0.15) is 4.98 Å². The molecule has 18 heavy (non-hydrogen) atoms. The first-order chi connectivity index (χ1) is 8.61. The van der Waals surface area contributed by atoms with E-state index in [0.29, 0.717) is 23.9 Å². The lowest BCUT2D eigenvalue weighted by Gasteiger charge is -2.19. The number of aromatic nitrogens is 2. The molecule has 2 N–H and O–H groups in total. The van der Waals surface area contributed by atoms with E-state index in [-0.39, 0.29) is 0 Å². The lowest BCUT2D eigenvalue weighted by molar-refractivity contribution is 0.399. The minimum absolute atomic E-state index is 0.385. The van der Waals surface area contributed by atoms with Crippen molar-refractivity contribution in [1.29, 1.82) is 0 Å². The Bertz CT molecular complexity index is 546. The summed E-state index contributed by atoms with van der Waals surface area (Å²) >= 11 is 7.43. The lowest BCUT2D eigenvalue weighted by atomic mass is 10.4. The first kappa shape index (κ1) is 12.9. The van der Waals surface area contributed by atoms with Gasteiger partial charge < -0.3 is 15.4 Å². The summed E-state index contributed by atoms with van der Waals surface area (Å²) in [6.07, 6.45) is 1.43. The number of rotatable bonds is 4. The van der Waals surface area contributed by atoms with E-state index in [9.17, 15) is 0 Å². The van der Waals surface area contributed by atoms with Crippen LogP contribution in [-0.2, 0) is 6.54 Å². The summed E-state index contributed by atoms with van der Waals surface area (Å²) < 4.78 is 5.84. The third-order valence-electron chi connectivity index (χ3n) is 2.40. The second-order valence-electron chi connectivity index (χ2n) is 3.68. The topological polar surface area (TPSA) is 64.3 Å². The van der Waals surface area contributed by atoms with E-state index in [1.165, 1.54) is 24.8 Å². The number of ether oxygens (including phenoxy) is 1. The molecule has 0 atom stereocenters. The van der Waals surface area contributed by atoms with Gasteiger partial charge in [-0.05, 0) is 12.1 Å². The van der Waals surface area contributed by atoms with Crippen LogP contribution in [-0.4, -0.2) is 24.1 Å². The van der Waals surface area contributed by atoms with Crippen LogP contribution in [0.1, 0.15) is 4.88 Å². The van der Waals surface area contributed by atoms with E-state index in [2.05, 4.69) is 9.97 Å². The summed E-state index contributed by atoms with van der Waals surface area (Å²) in [5.41, 5.74) is 6.37. The second kappa shape index (κ2) is 5.41. The second-order valence-corrected chi connectivity index (χ2v) is 5.48. The predicted octanol–water partition coefficient (Wildman–Crippen LogP) is 2.42. The van der Waals surface area contributed by atoms with Gasteiger partial charge in [0, 0.05) is 11.9 Å². The van der Waals surface area contributed by atoms with Crippen molar-refractivity contribution in [2.24, 2.45) is 0 Å². The minimum atomic E-state index is 0.385. The number of hydrogen-bond acceptors (Lipinski definition) is 6. The molecule has 0 unspecified atom stereocenters. The van der Waals surface area contributed by atoms with Crippen LogP contribution in [0.4, 0.5) is 11.5 Å². The number of anilines is 2. The van der Waals surface area contributed by atoms with Crippen molar-refractivity contribution in [2.45, 2.75) is 6.54 Å². The molecule has 2 aromatic heterocycles. The van der Waals surface area contributed by atoms with Crippen LogP contribution in [0, 0.1) is 0 Å².